The molecule has 8 nitrogen and oxygen atoms in total. The monoisotopic (exact) mass is 504 g/mol. The van der Waals surface area contributed by atoms with Crippen LogP contribution in [0.5, 0.6) is 23.0 Å². The third-order valence-corrected chi connectivity index (χ3v) is 6.63. The van der Waals surface area contributed by atoms with Crippen molar-refractivity contribution in [1.29, 1.82) is 0 Å². The van der Waals surface area contributed by atoms with Crippen LogP contribution in [-0.2, 0) is 16.0 Å². The van der Waals surface area contributed by atoms with E-state index in [1.54, 1.807) is 33.3 Å². The second-order valence-corrected chi connectivity index (χ2v) is 8.72. The Morgan fingerprint density at radius 1 is 0.838 bits per heavy atom. The second-order valence-electron chi connectivity index (χ2n) is 8.72. The summed E-state index contributed by atoms with van der Waals surface area (Å²) in [7, 11) is 6.38. The maximum absolute atomic E-state index is 13.4. The minimum atomic E-state index is -0.548. The lowest BCUT2D eigenvalue weighted by Crippen LogP contribution is -2.36. The van der Waals surface area contributed by atoms with Gasteiger partial charge in [0.2, 0.25) is 11.8 Å². The van der Waals surface area contributed by atoms with E-state index >= 15 is 0 Å². The third kappa shape index (κ3) is 5.63. The Labute approximate surface area is 217 Å². The number of methoxy groups -OCH3 is 4. The molecule has 1 saturated heterocycles. The molecule has 1 aliphatic heterocycles. The van der Waals surface area contributed by atoms with E-state index < -0.39 is 12.0 Å². The van der Waals surface area contributed by atoms with Gasteiger partial charge in [-0.3, -0.25) is 9.59 Å². The highest BCUT2D eigenvalue weighted by atomic mass is 16.5. The molecule has 1 N–H and O–H groups in total. The van der Waals surface area contributed by atoms with Crippen molar-refractivity contribution >= 4 is 17.5 Å². The molecule has 2 atom stereocenters. The normalized spacial score (nSPS) is 16.9. The van der Waals surface area contributed by atoms with Crippen molar-refractivity contribution in [2.45, 2.75) is 18.9 Å². The molecule has 0 aromatic heterocycles. The molecule has 0 bridgehead atoms. The Morgan fingerprint density at radius 2 is 1.46 bits per heavy atom. The maximum atomic E-state index is 13.4. The van der Waals surface area contributed by atoms with E-state index in [0.29, 0.717) is 41.7 Å². The lowest BCUT2D eigenvalue weighted by Gasteiger charge is -2.28. The zero-order valence-corrected chi connectivity index (χ0v) is 21.5. The van der Waals surface area contributed by atoms with Gasteiger partial charge in [0.25, 0.3) is 0 Å². The molecular weight excluding hydrogens is 472 g/mol. The van der Waals surface area contributed by atoms with Crippen molar-refractivity contribution < 1.29 is 28.5 Å². The van der Waals surface area contributed by atoms with Crippen molar-refractivity contribution in [3.63, 3.8) is 0 Å². The highest BCUT2D eigenvalue weighted by Crippen LogP contribution is 2.42. The third-order valence-electron chi connectivity index (χ3n) is 6.63. The minimum Gasteiger partial charge on any atom is -0.497 e. The summed E-state index contributed by atoms with van der Waals surface area (Å²) in [6, 6.07) is 20.0. The number of nitrogens with zero attached hydrogens (tertiary/aromatic N) is 1. The van der Waals surface area contributed by atoms with Crippen LogP contribution in [0, 0.1) is 5.92 Å². The predicted octanol–water partition coefficient (Wildman–Crippen LogP) is 4.17. The molecule has 2 amide bonds. The minimum absolute atomic E-state index is 0.106. The number of amides is 2. The summed E-state index contributed by atoms with van der Waals surface area (Å²) in [5, 5.41) is 3.04. The zero-order chi connectivity index (χ0) is 26.4. The molecule has 3 aromatic rings. The summed E-state index contributed by atoms with van der Waals surface area (Å²) in [6.45, 7) is 0.427. The average Bonchev–Trinajstić information content (AvgIpc) is 3.29. The van der Waals surface area contributed by atoms with E-state index in [0.717, 1.165) is 11.1 Å². The van der Waals surface area contributed by atoms with Gasteiger partial charge in [-0.1, -0.05) is 18.2 Å². The molecular formula is C29H32N2O6. The summed E-state index contributed by atoms with van der Waals surface area (Å²) >= 11 is 0. The molecule has 1 aliphatic rings. The summed E-state index contributed by atoms with van der Waals surface area (Å²) in [5.41, 5.74) is 2.58. The summed E-state index contributed by atoms with van der Waals surface area (Å²) in [4.78, 5) is 28.4. The number of anilines is 1. The Balaban J connectivity index is 1.54. The largest absolute Gasteiger partial charge is 0.497 e. The van der Waals surface area contributed by atoms with E-state index in [9.17, 15) is 9.59 Å². The van der Waals surface area contributed by atoms with Crippen LogP contribution in [0.2, 0.25) is 0 Å². The highest BCUT2D eigenvalue weighted by molar-refractivity contribution is 6.01. The molecule has 1 fully saturated rings. The van der Waals surface area contributed by atoms with Crippen LogP contribution in [0.1, 0.15) is 23.6 Å². The Morgan fingerprint density at radius 3 is 2.05 bits per heavy atom. The lowest BCUT2D eigenvalue weighted by atomic mass is 9.92. The molecule has 194 valence electrons. The topological polar surface area (TPSA) is 86.3 Å². The number of carbonyl (C=O) groups excluding carboxylic acids is 2. The smallest absolute Gasteiger partial charge is 0.228 e. The number of carbonyl (C=O) groups is 2. The van der Waals surface area contributed by atoms with E-state index in [4.69, 9.17) is 18.9 Å². The fourth-order valence-electron chi connectivity index (χ4n) is 4.70. The zero-order valence-electron chi connectivity index (χ0n) is 21.5. The van der Waals surface area contributed by atoms with Crippen LogP contribution >= 0.6 is 0 Å². The van der Waals surface area contributed by atoms with Crippen LogP contribution in [0.3, 0.4) is 0 Å². The van der Waals surface area contributed by atoms with E-state index in [1.807, 2.05) is 66.7 Å². The second kappa shape index (κ2) is 11.7. The van der Waals surface area contributed by atoms with Gasteiger partial charge in [0.05, 0.1) is 40.4 Å². The van der Waals surface area contributed by atoms with Gasteiger partial charge >= 0.3 is 0 Å². The quantitative estimate of drug-likeness (QED) is 0.446. The van der Waals surface area contributed by atoms with Gasteiger partial charge < -0.3 is 29.2 Å². The molecule has 37 heavy (non-hydrogen) atoms. The predicted molar refractivity (Wildman–Crippen MR) is 141 cm³/mol. The fourth-order valence-corrected chi connectivity index (χ4v) is 4.70. The Kier molecular flexibility index (Phi) is 8.18. The standard InChI is InChI=1S/C29H32N2O6/c1-34-22-10-6-20(7-11-22)28-24(18-27(32)31(28)21-8-12-23(35-2)13-9-21)29(33)30-16-15-19-5-14-25(36-3)26(17-19)37-4/h5-14,17,24,28H,15-16,18H2,1-4H3,(H,30,33)/t24-,28+/m1/s1. The van der Waals surface area contributed by atoms with E-state index in [2.05, 4.69) is 5.32 Å². The van der Waals surface area contributed by atoms with Crippen molar-refractivity contribution in [2.75, 3.05) is 39.9 Å². The number of hydrogen-bond acceptors (Lipinski definition) is 6. The molecule has 3 aromatic carbocycles. The first-order valence-corrected chi connectivity index (χ1v) is 12.1. The molecule has 0 aliphatic carbocycles. The average molecular weight is 505 g/mol. The highest BCUT2D eigenvalue weighted by Gasteiger charge is 2.45. The van der Waals surface area contributed by atoms with E-state index in [-0.39, 0.29) is 18.2 Å². The fraction of sp³-hybridized carbons (Fsp3) is 0.310. The Hall–Kier alpha value is -4.20. The number of benzene rings is 3. The first-order valence-electron chi connectivity index (χ1n) is 12.1. The molecule has 0 saturated carbocycles. The number of rotatable bonds is 10. The molecule has 1 heterocycles. The first kappa shape index (κ1) is 25.9. The van der Waals surface area contributed by atoms with Gasteiger partial charge in [-0.25, -0.2) is 0 Å². The van der Waals surface area contributed by atoms with Crippen molar-refractivity contribution in [1.82, 2.24) is 5.32 Å². The summed E-state index contributed by atoms with van der Waals surface area (Å²) in [5.74, 6) is 1.88. The number of hydrogen-bond donors (Lipinski definition) is 1. The molecule has 0 radical (unpaired) electrons. The molecule has 8 heteroatoms. The van der Waals surface area contributed by atoms with Gasteiger partial charge in [-0.15, -0.1) is 0 Å². The molecule has 0 unspecified atom stereocenters. The van der Waals surface area contributed by atoms with Gasteiger partial charge in [0.15, 0.2) is 11.5 Å². The van der Waals surface area contributed by atoms with Crippen LogP contribution in [0.15, 0.2) is 66.7 Å². The van der Waals surface area contributed by atoms with Crippen LogP contribution in [-0.4, -0.2) is 46.8 Å². The first-order chi connectivity index (χ1) is 18.0. The van der Waals surface area contributed by atoms with Crippen LogP contribution in [0.4, 0.5) is 5.69 Å². The molecule has 4 rings (SSSR count). The number of ether oxygens (including phenoxy) is 4. The summed E-state index contributed by atoms with van der Waals surface area (Å²) in [6.07, 6.45) is 0.729. The van der Waals surface area contributed by atoms with Crippen molar-refractivity contribution in [2.24, 2.45) is 5.92 Å². The van der Waals surface area contributed by atoms with Gasteiger partial charge in [-0.05, 0) is 66.1 Å². The van der Waals surface area contributed by atoms with Gasteiger partial charge in [0, 0.05) is 18.7 Å². The number of nitrogens with one attached hydrogen (secondary N) is 1. The van der Waals surface area contributed by atoms with Crippen LogP contribution < -0.4 is 29.2 Å². The maximum Gasteiger partial charge on any atom is 0.228 e. The SMILES string of the molecule is COc1ccc([C@H]2[C@H](C(=O)NCCc3ccc(OC)c(OC)c3)CC(=O)N2c2ccc(OC)cc2)cc1. The Bertz CT molecular complexity index is 1230. The lowest BCUT2D eigenvalue weighted by molar-refractivity contribution is -0.126. The van der Waals surface area contributed by atoms with Gasteiger partial charge in [-0.2, -0.15) is 0 Å². The molecule has 0 spiro atoms. The van der Waals surface area contributed by atoms with Crippen LogP contribution in [0.25, 0.3) is 0 Å². The van der Waals surface area contributed by atoms with Crippen molar-refractivity contribution in [3.05, 3.63) is 77.9 Å². The van der Waals surface area contributed by atoms with Crippen molar-refractivity contribution in [3.8, 4) is 23.0 Å². The summed E-state index contributed by atoms with van der Waals surface area (Å²) < 4.78 is 21.2. The van der Waals surface area contributed by atoms with Gasteiger partial charge in [0.1, 0.15) is 11.5 Å². The van der Waals surface area contributed by atoms with E-state index in [1.165, 1.54) is 0 Å².